The molecule has 0 aliphatic heterocycles. The van der Waals surface area contributed by atoms with Gasteiger partial charge < -0.3 is 19.9 Å². The number of carbonyl (C=O) groups excluding carboxylic acids is 2. The highest BCUT2D eigenvalue weighted by Crippen LogP contribution is 2.22. The van der Waals surface area contributed by atoms with Crippen molar-refractivity contribution < 1.29 is 29.0 Å². The first-order valence-electron chi connectivity index (χ1n) is 8.78. The third kappa shape index (κ3) is 6.12. The fraction of sp³-hybridized carbons (Fsp3) is 0.286. The van der Waals surface area contributed by atoms with E-state index in [-0.39, 0.29) is 25.2 Å². The molecule has 7 nitrogen and oxygen atoms in total. The van der Waals surface area contributed by atoms with Crippen LogP contribution in [-0.2, 0) is 16.1 Å². The second-order valence-corrected chi connectivity index (χ2v) is 6.26. The number of hydrogen-bond donors (Lipinski definition) is 2. The van der Waals surface area contributed by atoms with Gasteiger partial charge in [0.05, 0.1) is 12.7 Å². The molecule has 1 amide bonds. The molecule has 0 heterocycles. The van der Waals surface area contributed by atoms with Crippen LogP contribution in [0.5, 0.6) is 5.75 Å². The Kier molecular flexibility index (Phi) is 7.56. The van der Waals surface area contributed by atoms with Crippen molar-refractivity contribution in [3.05, 3.63) is 65.2 Å². The lowest BCUT2D eigenvalue weighted by molar-refractivity contribution is -0.139. The van der Waals surface area contributed by atoms with Gasteiger partial charge in [-0.1, -0.05) is 36.4 Å². The van der Waals surface area contributed by atoms with Crippen molar-refractivity contribution in [1.82, 2.24) is 5.32 Å². The minimum atomic E-state index is -1.24. The van der Waals surface area contributed by atoms with Crippen LogP contribution < -0.4 is 10.1 Å². The van der Waals surface area contributed by atoms with Crippen molar-refractivity contribution in [3.8, 4) is 5.75 Å². The largest absolute Gasteiger partial charge is 0.496 e. The Balaban J connectivity index is 1.91. The molecule has 0 bridgehead atoms. The molecule has 0 spiro atoms. The number of aliphatic carboxylic acids is 1. The molecular weight excluding hydrogens is 362 g/mol. The van der Waals surface area contributed by atoms with Crippen LogP contribution in [0.3, 0.4) is 0 Å². The molecule has 0 aliphatic rings. The highest BCUT2D eigenvalue weighted by molar-refractivity contribution is 5.99. The zero-order valence-corrected chi connectivity index (χ0v) is 15.8. The summed E-state index contributed by atoms with van der Waals surface area (Å²) < 4.78 is 10.2. The Bertz CT molecular complexity index is 834. The zero-order valence-electron chi connectivity index (χ0n) is 15.8. The standard InChI is InChI=1S/C21H23NO6/c1-14-8-9-16(19(12-14)27-2)18(23)11-10-17(20(24)25)22-21(26)28-13-15-6-4-3-5-7-15/h3-9,12,17H,10-11,13H2,1-2H3,(H,22,26)(H,24,25). The van der Waals surface area contributed by atoms with Gasteiger partial charge in [-0.15, -0.1) is 0 Å². The number of nitrogens with one attached hydrogen (secondary N) is 1. The summed E-state index contributed by atoms with van der Waals surface area (Å²) in [6.07, 6.45) is -0.974. The van der Waals surface area contributed by atoms with Crippen LogP contribution in [0.1, 0.15) is 34.3 Å². The van der Waals surface area contributed by atoms with E-state index in [2.05, 4.69) is 5.32 Å². The van der Waals surface area contributed by atoms with E-state index in [0.29, 0.717) is 11.3 Å². The average molecular weight is 385 g/mol. The van der Waals surface area contributed by atoms with Crippen LogP contribution in [0.4, 0.5) is 4.79 Å². The third-order valence-corrected chi connectivity index (χ3v) is 4.12. The predicted molar refractivity (Wildman–Crippen MR) is 102 cm³/mol. The number of Topliss-reactive ketones (excluding diaryl/α,β-unsaturated/α-hetero) is 1. The minimum absolute atomic E-state index is 0.0263. The number of carbonyl (C=O) groups is 3. The molecule has 148 valence electrons. The number of hydrogen-bond acceptors (Lipinski definition) is 5. The Morgan fingerprint density at radius 1 is 1.11 bits per heavy atom. The summed E-state index contributed by atoms with van der Waals surface area (Å²) in [6, 6.07) is 13.0. The smallest absolute Gasteiger partial charge is 0.408 e. The molecule has 0 fully saturated rings. The number of alkyl carbamates (subject to hydrolysis) is 1. The molecule has 1 unspecified atom stereocenters. The number of ether oxygens (including phenoxy) is 2. The topological polar surface area (TPSA) is 102 Å². The first-order chi connectivity index (χ1) is 13.4. The second-order valence-electron chi connectivity index (χ2n) is 6.26. The first-order valence-corrected chi connectivity index (χ1v) is 8.78. The number of rotatable bonds is 9. The molecule has 2 rings (SSSR count). The maximum Gasteiger partial charge on any atom is 0.408 e. The maximum atomic E-state index is 12.4. The summed E-state index contributed by atoms with van der Waals surface area (Å²) in [6.45, 7) is 1.90. The van der Waals surface area contributed by atoms with Gasteiger partial charge in [-0.3, -0.25) is 4.79 Å². The van der Waals surface area contributed by atoms with E-state index in [9.17, 15) is 19.5 Å². The highest BCUT2D eigenvalue weighted by atomic mass is 16.5. The number of aryl methyl sites for hydroxylation is 1. The van der Waals surface area contributed by atoms with Crippen LogP contribution in [-0.4, -0.2) is 36.1 Å². The van der Waals surface area contributed by atoms with Crippen LogP contribution in [0, 0.1) is 6.92 Å². The maximum absolute atomic E-state index is 12.4. The van der Waals surface area contributed by atoms with Crippen LogP contribution in [0.2, 0.25) is 0 Å². The van der Waals surface area contributed by atoms with Crippen molar-refractivity contribution in [2.45, 2.75) is 32.4 Å². The van der Waals surface area contributed by atoms with Gasteiger partial charge in [-0.25, -0.2) is 9.59 Å². The Morgan fingerprint density at radius 2 is 1.82 bits per heavy atom. The summed E-state index contributed by atoms with van der Waals surface area (Å²) in [5.74, 6) is -1.06. The average Bonchev–Trinajstić information content (AvgIpc) is 2.69. The molecule has 28 heavy (non-hydrogen) atoms. The summed E-state index contributed by atoms with van der Waals surface area (Å²) in [5, 5.41) is 11.6. The van der Waals surface area contributed by atoms with Gasteiger partial charge in [0.15, 0.2) is 5.78 Å². The molecule has 2 N–H and O–H groups in total. The summed E-state index contributed by atoms with van der Waals surface area (Å²) in [4.78, 5) is 35.7. The Labute approximate surface area is 163 Å². The fourth-order valence-electron chi connectivity index (χ4n) is 2.60. The van der Waals surface area contributed by atoms with E-state index in [1.165, 1.54) is 7.11 Å². The number of ketones is 1. The number of benzene rings is 2. The Morgan fingerprint density at radius 3 is 2.46 bits per heavy atom. The van der Waals surface area contributed by atoms with E-state index in [4.69, 9.17) is 9.47 Å². The van der Waals surface area contributed by atoms with Gasteiger partial charge in [0.25, 0.3) is 0 Å². The molecule has 0 radical (unpaired) electrons. The van der Waals surface area contributed by atoms with Crippen LogP contribution >= 0.6 is 0 Å². The van der Waals surface area contributed by atoms with Gasteiger partial charge in [0.2, 0.25) is 0 Å². The molecule has 0 saturated carbocycles. The summed E-state index contributed by atoms with van der Waals surface area (Å²) in [5.41, 5.74) is 2.11. The van der Waals surface area contributed by atoms with E-state index < -0.39 is 18.1 Å². The van der Waals surface area contributed by atoms with E-state index in [1.54, 1.807) is 30.3 Å². The lowest BCUT2D eigenvalue weighted by atomic mass is 10.0. The number of carboxylic acids is 1. The number of carboxylic acid groups (broad SMARTS) is 1. The molecule has 0 aromatic heterocycles. The zero-order chi connectivity index (χ0) is 20.5. The number of methoxy groups -OCH3 is 1. The van der Waals surface area contributed by atoms with Crippen molar-refractivity contribution in [2.24, 2.45) is 0 Å². The lowest BCUT2D eigenvalue weighted by Gasteiger charge is -2.15. The van der Waals surface area contributed by atoms with Crippen molar-refractivity contribution in [3.63, 3.8) is 0 Å². The molecule has 2 aromatic carbocycles. The van der Waals surface area contributed by atoms with Crippen LogP contribution in [0.15, 0.2) is 48.5 Å². The molecule has 0 saturated heterocycles. The van der Waals surface area contributed by atoms with E-state index >= 15 is 0 Å². The van der Waals surface area contributed by atoms with Crippen molar-refractivity contribution >= 4 is 17.8 Å². The molecule has 0 aliphatic carbocycles. The van der Waals surface area contributed by atoms with Gasteiger partial charge in [0.1, 0.15) is 18.4 Å². The highest BCUT2D eigenvalue weighted by Gasteiger charge is 2.23. The molecular formula is C21H23NO6. The monoisotopic (exact) mass is 385 g/mol. The summed E-state index contributed by atoms with van der Waals surface area (Å²) >= 11 is 0. The molecule has 1 atom stereocenters. The molecule has 2 aromatic rings. The SMILES string of the molecule is COc1cc(C)ccc1C(=O)CCC(NC(=O)OCc1ccccc1)C(=O)O. The fourth-order valence-corrected chi connectivity index (χ4v) is 2.60. The summed E-state index contributed by atoms with van der Waals surface area (Å²) in [7, 11) is 1.47. The number of amides is 1. The lowest BCUT2D eigenvalue weighted by Crippen LogP contribution is -2.41. The van der Waals surface area contributed by atoms with Gasteiger partial charge in [0, 0.05) is 6.42 Å². The quantitative estimate of drug-likeness (QED) is 0.642. The van der Waals surface area contributed by atoms with E-state index in [1.807, 2.05) is 25.1 Å². The third-order valence-electron chi connectivity index (χ3n) is 4.12. The van der Waals surface area contributed by atoms with Gasteiger partial charge >= 0.3 is 12.1 Å². The Hall–Kier alpha value is -3.35. The van der Waals surface area contributed by atoms with Gasteiger partial charge in [-0.2, -0.15) is 0 Å². The van der Waals surface area contributed by atoms with Gasteiger partial charge in [-0.05, 0) is 36.6 Å². The first kappa shape index (κ1) is 21.0. The predicted octanol–water partition coefficient (Wildman–Crippen LogP) is 3.35. The minimum Gasteiger partial charge on any atom is -0.496 e. The normalized spacial score (nSPS) is 11.4. The van der Waals surface area contributed by atoms with Crippen molar-refractivity contribution in [1.29, 1.82) is 0 Å². The molecule has 7 heteroatoms. The second kappa shape index (κ2) is 10.1. The van der Waals surface area contributed by atoms with Crippen LogP contribution in [0.25, 0.3) is 0 Å². The van der Waals surface area contributed by atoms with E-state index in [0.717, 1.165) is 11.1 Å². The van der Waals surface area contributed by atoms with Crippen molar-refractivity contribution in [2.75, 3.05) is 7.11 Å².